The number of aromatic hydroxyl groups is 1. The first-order valence-corrected chi connectivity index (χ1v) is 36.3. The van der Waals surface area contributed by atoms with Gasteiger partial charge in [-0.15, -0.1) is 0 Å². The zero-order valence-electron chi connectivity index (χ0n) is 58.4. The zero-order chi connectivity index (χ0) is 73.7. The molecular weight excluding hydrogens is 1340 g/mol. The number of phenolic OH excluding ortho intramolecular Hbond substituents is 1. The molecule has 7 rings (SSSR count). The van der Waals surface area contributed by atoms with Crippen molar-refractivity contribution < 1.29 is 78.3 Å². The van der Waals surface area contributed by atoms with E-state index in [1.54, 1.807) is 70.3 Å². The van der Waals surface area contributed by atoms with E-state index in [9.17, 15) is 59.1 Å². The number of para-hydroxylation sites is 1. The molecule has 0 saturated carbocycles. The highest BCUT2D eigenvalue weighted by Gasteiger charge is 2.41. The maximum atomic E-state index is 15.3. The third-order valence-electron chi connectivity index (χ3n) is 18.8. The number of H-pyrrole nitrogens is 1. The van der Waals surface area contributed by atoms with E-state index in [2.05, 4.69) is 47.5 Å². The van der Waals surface area contributed by atoms with Gasteiger partial charge in [0.05, 0.1) is 38.0 Å². The van der Waals surface area contributed by atoms with E-state index in [1.165, 1.54) is 42.8 Å². The molecule has 0 radical (unpaired) electrons. The van der Waals surface area contributed by atoms with Crippen LogP contribution in [0.3, 0.4) is 0 Å². The highest BCUT2D eigenvalue weighted by Crippen LogP contribution is 2.29. The van der Waals surface area contributed by atoms with E-state index in [-0.39, 0.29) is 126 Å². The second-order valence-electron chi connectivity index (χ2n) is 26.7. The van der Waals surface area contributed by atoms with Crippen molar-refractivity contribution in [1.29, 1.82) is 0 Å². The summed E-state index contributed by atoms with van der Waals surface area (Å²) in [7, 11) is 1.39. The Kier molecular flexibility index (Phi) is 32.7. The van der Waals surface area contributed by atoms with Gasteiger partial charge in [0.25, 0.3) is 0 Å². The first-order valence-electron chi connectivity index (χ1n) is 35.1. The number of aliphatic hydroxyl groups excluding tert-OH is 1. The SMILES string of the molecule is C[C@@H](O)[C@@H]1NC(=O)[C@H](CC2CCNCC2)NC(=O)[C@@H]([C@@H](C)c2c[nH]c3ccccc23)NC(=O)[C@H](Cc2ccc(O)cc2)NC(=O)[C@H](CCSCC(=O)NCCCCCCNC(=O)CN2CCN(CC(=O)O)CCN(CC(=O)O)CCN(CC(=O)O)CC2)N(C)C(=O)[C@H](Cc2ccccc2)NC1=O. The van der Waals surface area contributed by atoms with Gasteiger partial charge in [0.15, 0.2) is 0 Å². The molecule has 4 aromatic rings. The maximum absolute atomic E-state index is 15.3. The van der Waals surface area contributed by atoms with Crippen molar-refractivity contribution in [2.24, 2.45) is 5.92 Å². The van der Waals surface area contributed by atoms with Gasteiger partial charge in [-0.2, -0.15) is 11.8 Å². The number of nitrogens with zero attached hydrogens (tertiary/aromatic N) is 5. The fraction of sp³-hybridized carbons (Fsp3) is 0.563. The second kappa shape index (κ2) is 41.4. The number of phenols is 1. The van der Waals surface area contributed by atoms with Crippen molar-refractivity contribution in [2.75, 3.05) is 123 Å². The van der Waals surface area contributed by atoms with E-state index in [1.807, 2.05) is 29.2 Å². The Bertz CT molecular complexity index is 3400. The smallest absolute Gasteiger partial charge is 0.317 e. The number of carboxylic acids is 3. The molecule has 30 nitrogen and oxygen atoms in total. The summed E-state index contributed by atoms with van der Waals surface area (Å²) < 4.78 is 0. The van der Waals surface area contributed by atoms with Crippen molar-refractivity contribution in [3.8, 4) is 5.75 Å². The summed E-state index contributed by atoms with van der Waals surface area (Å²) in [6, 6.07) is 13.7. The van der Waals surface area contributed by atoms with Gasteiger partial charge in [0, 0.05) is 108 Å². The summed E-state index contributed by atoms with van der Waals surface area (Å²) in [6.07, 6.45) is 4.09. The van der Waals surface area contributed by atoms with Gasteiger partial charge in [0.2, 0.25) is 47.3 Å². The number of carbonyl (C=O) groups excluding carboxylic acids is 8. The molecule has 0 unspecified atom stereocenters. The summed E-state index contributed by atoms with van der Waals surface area (Å²) in [6.45, 7) is 6.42. The predicted octanol–water partition coefficient (Wildman–Crippen LogP) is -0.111. The molecule has 8 amide bonds. The first-order chi connectivity index (χ1) is 48.9. The van der Waals surface area contributed by atoms with Crippen LogP contribution in [0.2, 0.25) is 0 Å². The molecule has 3 aromatic carbocycles. The van der Waals surface area contributed by atoms with Crippen molar-refractivity contribution in [2.45, 2.75) is 126 Å². The van der Waals surface area contributed by atoms with Crippen molar-refractivity contribution in [3.63, 3.8) is 0 Å². The monoisotopic (exact) mass is 1440 g/mol. The van der Waals surface area contributed by atoms with E-state index < -0.39 is 102 Å². The van der Waals surface area contributed by atoms with Gasteiger partial charge in [-0.1, -0.05) is 80.4 Å². The third-order valence-corrected chi connectivity index (χ3v) is 19.8. The van der Waals surface area contributed by atoms with Gasteiger partial charge in [-0.3, -0.25) is 72.3 Å². The summed E-state index contributed by atoms with van der Waals surface area (Å²) >= 11 is 1.20. The third kappa shape index (κ3) is 26.6. The molecule has 0 bridgehead atoms. The van der Waals surface area contributed by atoms with Crippen LogP contribution in [-0.2, 0) is 65.6 Å². The lowest BCUT2D eigenvalue weighted by atomic mass is 9.89. The number of carboxylic acid groups (broad SMARTS) is 3. The summed E-state index contributed by atoms with van der Waals surface area (Å²) in [5, 5.41) is 74.3. The number of thioether (sulfide) groups is 1. The number of aliphatic carboxylic acids is 3. The number of aromatic nitrogens is 1. The quantitative estimate of drug-likeness (QED) is 0.0315. The molecule has 4 heterocycles. The summed E-state index contributed by atoms with van der Waals surface area (Å²) in [4.78, 5) is 163. The molecule has 0 aliphatic carbocycles. The van der Waals surface area contributed by atoms with Gasteiger partial charge in [-0.05, 0) is 105 Å². The minimum Gasteiger partial charge on any atom is -0.508 e. The van der Waals surface area contributed by atoms with E-state index in [0.717, 1.165) is 23.7 Å². The van der Waals surface area contributed by atoms with Crippen molar-refractivity contribution in [1.82, 2.24) is 72.0 Å². The number of aromatic amines is 1. The van der Waals surface area contributed by atoms with Crippen LogP contribution in [-0.4, -0.2) is 286 Å². The van der Waals surface area contributed by atoms with Gasteiger partial charge in [-0.25, -0.2) is 0 Å². The Hall–Kier alpha value is -8.72. The molecule has 3 saturated heterocycles. The van der Waals surface area contributed by atoms with Crippen molar-refractivity contribution >= 4 is 87.8 Å². The lowest BCUT2D eigenvalue weighted by Gasteiger charge is -2.34. The van der Waals surface area contributed by atoms with Gasteiger partial charge in [0.1, 0.15) is 42.0 Å². The molecule has 14 N–H and O–H groups in total. The first kappa shape index (κ1) is 80.6. The van der Waals surface area contributed by atoms with Crippen molar-refractivity contribution in [3.05, 3.63) is 102 Å². The van der Waals surface area contributed by atoms with Crippen LogP contribution in [0.4, 0.5) is 0 Å². The minimum absolute atomic E-state index is 0.0136. The highest BCUT2D eigenvalue weighted by atomic mass is 32.2. The molecule has 3 fully saturated rings. The largest absolute Gasteiger partial charge is 0.508 e. The van der Waals surface area contributed by atoms with Gasteiger partial charge >= 0.3 is 17.9 Å². The number of rotatable bonds is 29. The normalized spacial score (nSPS) is 22.1. The van der Waals surface area contributed by atoms with E-state index in [0.29, 0.717) is 81.6 Å². The number of benzene rings is 3. The molecule has 3 aliphatic heterocycles. The summed E-state index contributed by atoms with van der Waals surface area (Å²) in [5.41, 5.74) is 2.55. The lowest BCUT2D eigenvalue weighted by Crippen LogP contribution is -2.63. The molecule has 0 spiro atoms. The second-order valence-corrected chi connectivity index (χ2v) is 27.8. The lowest BCUT2D eigenvalue weighted by molar-refractivity contribution is -0.143. The Balaban J connectivity index is 1.02. The zero-order valence-corrected chi connectivity index (χ0v) is 59.3. The Morgan fingerprint density at radius 3 is 1.63 bits per heavy atom. The van der Waals surface area contributed by atoms with Crippen LogP contribution in [0.5, 0.6) is 5.75 Å². The number of nitrogens with one attached hydrogen (secondary N) is 9. The van der Waals surface area contributed by atoms with Crippen LogP contribution in [0.25, 0.3) is 10.9 Å². The topological polar surface area (TPSA) is 417 Å². The predicted molar refractivity (Wildman–Crippen MR) is 382 cm³/mol. The summed E-state index contributed by atoms with van der Waals surface area (Å²) in [5.74, 6) is -9.22. The Labute approximate surface area is 598 Å². The van der Waals surface area contributed by atoms with Crippen LogP contribution in [0.1, 0.15) is 87.8 Å². The van der Waals surface area contributed by atoms with Gasteiger partial charge < -0.3 is 78.0 Å². The minimum atomic E-state index is -1.64. The average molecular weight is 1440 g/mol. The van der Waals surface area contributed by atoms with E-state index >= 15 is 19.2 Å². The number of hydrogen-bond donors (Lipinski definition) is 14. The van der Waals surface area contributed by atoms with Crippen LogP contribution < -0.4 is 42.5 Å². The van der Waals surface area contributed by atoms with E-state index in [4.69, 9.17) is 0 Å². The molecule has 3 aliphatic rings. The number of hydrogen-bond acceptors (Lipinski definition) is 19. The fourth-order valence-corrected chi connectivity index (χ4v) is 13.8. The number of carbonyl (C=O) groups is 11. The maximum Gasteiger partial charge on any atom is 0.317 e. The van der Waals surface area contributed by atoms with Crippen LogP contribution in [0.15, 0.2) is 85.1 Å². The molecule has 558 valence electrons. The number of likely N-dealkylation sites (N-methyl/N-ethyl adjacent to an activating group) is 1. The average Bonchev–Trinajstić information content (AvgIpc) is 1.56. The molecular formula is C71H102N14O16S. The number of piperidine rings is 1. The van der Waals surface area contributed by atoms with Crippen LogP contribution >= 0.6 is 11.8 Å². The fourth-order valence-electron chi connectivity index (χ4n) is 13.0. The standard InChI is InChI=1S/C71H102N14O16S/c1-46(53-40-75-54-16-10-9-15-52(53)54)64-69(99)77-56(38-50-21-26-72-27-22-50)67(97)80-65(47(2)86)70(100)78-57(39-48-13-7-6-8-14-48)71(101)81(3)58(68(98)76-55(66(96)79-64)37-49-17-19-51(87)20-18-49)23-36-102-45-60(89)74-25-12-5-4-11-24-73-59(88)41-82-28-30-83(42-61(90)91)32-34-85(44-63(94)95)35-33-84(31-29-82)43-62(92)93/h6-10,13-20,40,46-47,50,55-58,64-65,72,75,86-87H,4-5,11-12,21-39,41-45H2,1-3H3,(H,73,88)(H,74,89)(H,76,98)(H,77,99)(H,78,100)(H,79,96)(H,80,97)(H,90,91)(H,92,93)(H,94,95)/t46-,47+,55-,56-,57-,58-,64+,65-/m0/s1. The molecule has 8 atom stereocenters. The Morgan fingerprint density at radius 2 is 1.05 bits per heavy atom. The molecule has 102 heavy (non-hydrogen) atoms. The molecule has 31 heteroatoms. The number of unbranched alkanes of at least 4 members (excludes halogenated alkanes) is 3. The number of aliphatic hydroxyl groups is 1. The Morgan fingerprint density at radius 1 is 0.559 bits per heavy atom. The molecule has 1 aromatic heterocycles. The van der Waals surface area contributed by atoms with Crippen LogP contribution in [0, 0.1) is 5.92 Å². The number of fused-ring (bicyclic) bond motifs is 1. The number of amides is 8. The highest BCUT2D eigenvalue weighted by molar-refractivity contribution is 7.99.